The van der Waals surface area contributed by atoms with Gasteiger partial charge in [-0.15, -0.1) is 11.3 Å². The van der Waals surface area contributed by atoms with Gasteiger partial charge in [0.1, 0.15) is 11.5 Å². The van der Waals surface area contributed by atoms with Crippen LogP contribution in [0.4, 0.5) is 0 Å². The Morgan fingerprint density at radius 1 is 1.00 bits per heavy atom. The zero-order valence-electron chi connectivity index (χ0n) is 22.2. The van der Waals surface area contributed by atoms with Gasteiger partial charge in [0.15, 0.2) is 0 Å². The number of rotatable bonds is 9. The lowest BCUT2D eigenvalue weighted by atomic mass is 9.96. The minimum atomic E-state index is -0.337. The summed E-state index contributed by atoms with van der Waals surface area (Å²) in [5.41, 5.74) is 5.06. The van der Waals surface area contributed by atoms with Crippen LogP contribution in [0, 0.1) is 6.92 Å². The predicted molar refractivity (Wildman–Crippen MR) is 155 cm³/mol. The van der Waals surface area contributed by atoms with E-state index < -0.39 is 0 Å². The molecule has 0 unspecified atom stereocenters. The minimum absolute atomic E-state index is 0.258. The number of carbonyl (C=O) groups excluding carboxylic acids is 1. The molecule has 0 amide bonds. The molecule has 1 fully saturated rings. The quantitative estimate of drug-likeness (QED) is 0.183. The van der Waals surface area contributed by atoms with Crippen LogP contribution in [0.15, 0.2) is 60.7 Å². The van der Waals surface area contributed by atoms with Crippen molar-refractivity contribution >= 4 is 27.4 Å². The maximum Gasteiger partial charge on any atom is 0.337 e. The fraction of sp³-hybridized carbons (Fsp3) is 0.344. The van der Waals surface area contributed by atoms with Crippen LogP contribution in [0.2, 0.25) is 0 Å². The fourth-order valence-electron chi connectivity index (χ4n) is 5.26. The van der Waals surface area contributed by atoms with Crippen molar-refractivity contribution in [3.63, 3.8) is 0 Å². The Morgan fingerprint density at radius 2 is 1.79 bits per heavy atom. The third kappa shape index (κ3) is 6.03. The molecule has 3 aromatic carbocycles. The normalized spacial score (nSPS) is 14.1. The lowest BCUT2D eigenvalue weighted by Gasteiger charge is -2.26. The summed E-state index contributed by atoms with van der Waals surface area (Å²) in [5, 5.41) is 11.1. The van der Waals surface area contributed by atoms with Crippen LogP contribution in [0.1, 0.15) is 52.7 Å². The lowest BCUT2D eigenvalue weighted by molar-refractivity contribution is 0.0601. The van der Waals surface area contributed by atoms with E-state index in [4.69, 9.17) is 9.47 Å². The first kappa shape index (κ1) is 26.3. The number of methoxy groups -OCH3 is 1. The molecule has 6 heteroatoms. The first-order valence-corrected chi connectivity index (χ1v) is 14.2. The summed E-state index contributed by atoms with van der Waals surface area (Å²) in [7, 11) is 1.40. The third-order valence-electron chi connectivity index (χ3n) is 7.31. The molecule has 0 bridgehead atoms. The van der Waals surface area contributed by atoms with Crippen molar-refractivity contribution in [1.29, 1.82) is 0 Å². The highest BCUT2D eigenvalue weighted by Crippen LogP contribution is 2.42. The van der Waals surface area contributed by atoms with Gasteiger partial charge in [0.05, 0.1) is 19.3 Å². The number of aryl methyl sites for hydroxylation is 1. The van der Waals surface area contributed by atoms with Crippen molar-refractivity contribution in [3.05, 3.63) is 82.9 Å². The molecule has 0 spiro atoms. The van der Waals surface area contributed by atoms with Crippen LogP contribution in [0.5, 0.6) is 11.5 Å². The molecule has 1 aliphatic heterocycles. The summed E-state index contributed by atoms with van der Waals surface area (Å²) >= 11 is 1.67. The molecule has 4 aromatic rings. The summed E-state index contributed by atoms with van der Waals surface area (Å²) < 4.78 is 12.0. The maximum atomic E-state index is 12.1. The first-order chi connectivity index (χ1) is 18.5. The number of hydrogen-bond acceptors (Lipinski definition) is 6. The summed E-state index contributed by atoms with van der Waals surface area (Å²) in [4.78, 5) is 15.8. The second-order valence-electron chi connectivity index (χ2n) is 10.0. The molecule has 0 atom stereocenters. The van der Waals surface area contributed by atoms with Gasteiger partial charge in [-0.25, -0.2) is 4.79 Å². The number of phenolic OH excluding ortho intramolecular Hbond substituents is 1. The summed E-state index contributed by atoms with van der Waals surface area (Å²) in [5.74, 6) is 0.823. The molecule has 1 aromatic heterocycles. The number of ether oxygens (including phenoxy) is 2. The zero-order valence-corrected chi connectivity index (χ0v) is 23.0. The number of aromatic hydroxyl groups is 1. The smallest absolute Gasteiger partial charge is 0.337 e. The Balaban J connectivity index is 1.35. The number of piperidine rings is 1. The molecule has 2 heterocycles. The van der Waals surface area contributed by atoms with Crippen LogP contribution < -0.4 is 4.74 Å². The second-order valence-corrected chi connectivity index (χ2v) is 11.1. The molecule has 0 radical (unpaired) electrons. The molecule has 1 saturated heterocycles. The van der Waals surface area contributed by atoms with E-state index in [9.17, 15) is 9.90 Å². The summed E-state index contributed by atoms with van der Waals surface area (Å²) in [6.07, 6.45) is 5.81. The zero-order chi connectivity index (χ0) is 26.5. The van der Waals surface area contributed by atoms with Gasteiger partial charge in [-0.05, 0) is 116 Å². The number of nitrogens with zero attached hydrogens (tertiary/aromatic N) is 1. The van der Waals surface area contributed by atoms with Crippen molar-refractivity contribution in [1.82, 2.24) is 4.90 Å². The van der Waals surface area contributed by atoms with Gasteiger partial charge in [-0.1, -0.05) is 24.6 Å². The Labute approximate surface area is 228 Å². The Bertz CT molecular complexity index is 1400. The molecule has 5 nitrogen and oxygen atoms in total. The number of hydrogen-bond donors (Lipinski definition) is 1. The van der Waals surface area contributed by atoms with E-state index in [2.05, 4.69) is 29.2 Å². The van der Waals surface area contributed by atoms with Crippen molar-refractivity contribution in [2.75, 3.05) is 33.4 Å². The van der Waals surface area contributed by atoms with E-state index in [1.807, 2.05) is 31.2 Å². The second kappa shape index (κ2) is 12.0. The van der Waals surface area contributed by atoms with Crippen LogP contribution >= 0.6 is 11.3 Å². The third-order valence-corrected chi connectivity index (χ3v) is 8.54. The average molecular weight is 530 g/mol. The van der Waals surface area contributed by atoms with Gasteiger partial charge in [0.25, 0.3) is 0 Å². The topological polar surface area (TPSA) is 59.0 Å². The highest BCUT2D eigenvalue weighted by atomic mass is 32.1. The number of benzene rings is 3. The van der Waals surface area contributed by atoms with Crippen molar-refractivity contribution in [2.45, 2.75) is 39.0 Å². The molecule has 0 saturated carbocycles. The van der Waals surface area contributed by atoms with E-state index >= 15 is 0 Å². The molecule has 5 rings (SSSR count). The number of fused-ring (bicyclic) bond motifs is 1. The van der Waals surface area contributed by atoms with Crippen molar-refractivity contribution in [3.8, 4) is 21.9 Å². The molecule has 1 aliphatic rings. The Morgan fingerprint density at radius 3 is 2.53 bits per heavy atom. The van der Waals surface area contributed by atoms with Crippen LogP contribution in [-0.4, -0.2) is 49.3 Å². The van der Waals surface area contributed by atoms with E-state index in [0.717, 1.165) is 57.8 Å². The van der Waals surface area contributed by atoms with Gasteiger partial charge < -0.3 is 19.5 Å². The molecule has 198 valence electrons. The summed E-state index contributed by atoms with van der Waals surface area (Å²) in [6.45, 7) is 6.31. The number of thiophene rings is 1. The standard InChI is InChI=1S/C32H35NO4S/c1-22-19-25(34)10-14-27(22)31-29(28-13-9-24(32(35)36-2)21-30(28)38-31)20-23-7-11-26(12-8-23)37-18-6-17-33-15-4-3-5-16-33/h7-14,19,21,34H,3-6,15-18,20H2,1-2H3. The van der Waals surface area contributed by atoms with Crippen LogP contribution in [0.3, 0.4) is 0 Å². The number of likely N-dealkylation sites (tertiary alicyclic amines) is 1. The van der Waals surface area contributed by atoms with Gasteiger partial charge in [-0.3, -0.25) is 0 Å². The van der Waals surface area contributed by atoms with Gasteiger partial charge in [-0.2, -0.15) is 0 Å². The van der Waals surface area contributed by atoms with Crippen molar-refractivity contribution < 1.29 is 19.4 Å². The fourth-order valence-corrected chi connectivity index (χ4v) is 6.61. The van der Waals surface area contributed by atoms with E-state index in [-0.39, 0.29) is 11.7 Å². The molecule has 1 N–H and O–H groups in total. The molecule has 0 aliphatic carbocycles. The monoisotopic (exact) mass is 529 g/mol. The lowest BCUT2D eigenvalue weighted by Crippen LogP contribution is -2.31. The predicted octanol–water partition coefficient (Wildman–Crippen LogP) is 7.21. The van der Waals surface area contributed by atoms with Gasteiger partial charge >= 0.3 is 5.97 Å². The van der Waals surface area contributed by atoms with E-state index in [0.29, 0.717) is 5.56 Å². The highest BCUT2D eigenvalue weighted by molar-refractivity contribution is 7.22. The molecular weight excluding hydrogens is 494 g/mol. The van der Waals surface area contributed by atoms with E-state index in [1.54, 1.807) is 23.5 Å². The molecular formula is C32H35NO4S. The number of carbonyl (C=O) groups is 1. The van der Waals surface area contributed by atoms with Crippen molar-refractivity contribution in [2.24, 2.45) is 0 Å². The number of esters is 1. The van der Waals surface area contributed by atoms with Crippen LogP contribution in [0.25, 0.3) is 20.5 Å². The number of phenols is 1. The SMILES string of the molecule is COC(=O)c1ccc2c(Cc3ccc(OCCCN4CCCCC4)cc3)c(-c3ccc(O)cc3C)sc2c1. The Hall–Kier alpha value is -3.35. The van der Waals surface area contributed by atoms with Gasteiger partial charge in [0.2, 0.25) is 0 Å². The Kier molecular flexibility index (Phi) is 8.30. The summed E-state index contributed by atoms with van der Waals surface area (Å²) in [6, 6.07) is 19.7. The minimum Gasteiger partial charge on any atom is -0.508 e. The molecule has 38 heavy (non-hydrogen) atoms. The highest BCUT2D eigenvalue weighted by Gasteiger charge is 2.18. The maximum absolute atomic E-state index is 12.1. The van der Waals surface area contributed by atoms with Crippen LogP contribution in [-0.2, 0) is 11.2 Å². The van der Waals surface area contributed by atoms with E-state index in [1.165, 1.54) is 50.6 Å². The largest absolute Gasteiger partial charge is 0.508 e. The first-order valence-electron chi connectivity index (χ1n) is 13.4. The van der Waals surface area contributed by atoms with Gasteiger partial charge in [0, 0.05) is 16.1 Å². The average Bonchev–Trinajstić information content (AvgIpc) is 3.29.